The molecule has 0 aromatic heterocycles. The molecule has 0 amide bonds. The number of rotatable bonds is 7. The van der Waals surface area contributed by atoms with Crippen LogP contribution in [0.4, 0.5) is 17.1 Å². The van der Waals surface area contributed by atoms with Crippen LogP contribution in [0.1, 0.15) is 63.4 Å². The van der Waals surface area contributed by atoms with Crippen LogP contribution in [0.2, 0.25) is 0 Å². The highest BCUT2D eigenvalue weighted by atomic mass is 32.2. The summed E-state index contributed by atoms with van der Waals surface area (Å²) in [6, 6.07) is 18.7. The van der Waals surface area contributed by atoms with Crippen molar-refractivity contribution in [2.24, 2.45) is 0 Å². The minimum Gasteiger partial charge on any atom is -0.748 e. The molecule has 3 heterocycles. The van der Waals surface area contributed by atoms with E-state index in [1.165, 1.54) is 89.4 Å². The first-order valence-electron chi connectivity index (χ1n) is 17.6. The summed E-state index contributed by atoms with van der Waals surface area (Å²) in [5.74, 6) is -0.342. The molecule has 3 aliphatic rings. The summed E-state index contributed by atoms with van der Waals surface area (Å²) in [5.41, 5.74) is 20.5. The van der Waals surface area contributed by atoms with Crippen LogP contribution < -0.4 is 14.3 Å². The van der Waals surface area contributed by atoms with Gasteiger partial charge in [-0.3, -0.25) is 9.38 Å². The largest absolute Gasteiger partial charge is 0.748 e. The summed E-state index contributed by atoms with van der Waals surface area (Å²) in [7, 11) is -2.12. The van der Waals surface area contributed by atoms with Gasteiger partial charge in [-0.25, -0.2) is 8.42 Å². The lowest BCUT2D eigenvalue weighted by molar-refractivity contribution is 0.235. The second-order valence-corrected chi connectivity index (χ2v) is 16.7. The summed E-state index contributed by atoms with van der Waals surface area (Å²) < 4.78 is 36.0. The van der Waals surface area contributed by atoms with E-state index in [1.807, 2.05) is 0 Å². The topological polar surface area (TPSA) is 66.9 Å². The number of nitrogens with zero attached hydrogens (tertiary/aromatic N) is 4. The molecule has 2 bridgehead atoms. The van der Waals surface area contributed by atoms with Crippen LogP contribution in [-0.2, 0) is 29.8 Å². The van der Waals surface area contributed by atoms with Crippen molar-refractivity contribution in [1.29, 1.82) is 0 Å². The average molecular weight is 679 g/mol. The molecule has 1 unspecified atom stereocenters. The molecule has 258 valence electrons. The number of hydrogen-bond acceptors (Lipinski definition) is 6. The Kier molecular flexibility index (Phi) is 8.46. The Morgan fingerprint density at radius 3 is 1.90 bits per heavy atom. The molecular weight excluding hydrogens is 629 g/mol. The van der Waals surface area contributed by atoms with E-state index >= 15 is 0 Å². The standard InChI is InChI=1S/C41H50N4O3S/c1-9-43-24-42(8)21-36-18-33(15-28(4)39(36)43)34-16-29(5)40-38(20-34)23-45(11-10-12-49(46,47)48)25-44(40)22-37-19-35(17-30(6)41(37)45)32-13-26(2)31(7)27(3)14-32/h13-20H,9-12,21-25H2,1-8H3. The minimum absolute atomic E-state index is 0.329. The Labute approximate surface area is 293 Å². The van der Waals surface area contributed by atoms with Crippen LogP contribution in [0.5, 0.6) is 0 Å². The van der Waals surface area contributed by atoms with Gasteiger partial charge in [0.25, 0.3) is 0 Å². The number of quaternary nitrogens is 1. The van der Waals surface area contributed by atoms with Crippen molar-refractivity contribution in [1.82, 2.24) is 9.38 Å². The average Bonchev–Trinajstić information content (AvgIpc) is 3.01. The molecule has 4 aromatic carbocycles. The van der Waals surface area contributed by atoms with Crippen LogP contribution >= 0.6 is 0 Å². The van der Waals surface area contributed by atoms with E-state index in [2.05, 4.69) is 119 Å². The van der Waals surface area contributed by atoms with Gasteiger partial charge in [0.2, 0.25) is 0 Å². The van der Waals surface area contributed by atoms with Crippen LogP contribution in [0, 0.1) is 41.5 Å². The van der Waals surface area contributed by atoms with Crippen LogP contribution in [0.25, 0.3) is 22.3 Å². The third-order valence-corrected chi connectivity index (χ3v) is 12.1. The molecule has 8 heteroatoms. The smallest absolute Gasteiger partial charge is 0.159 e. The fraction of sp³-hybridized carbons (Fsp3) is 0.415. The van der Waals surface area contributed by atoms with E-state index < -0.39 is 10.1 Å². The molecule has 0 N–H and O–H groups in total. The van der Waals surface area contributed by atoms with Crippen molar-refractivity contribution >= 4 is 27.2 Å². The molecule has 49 heavy (non-hydrogen) atoms. The zero-order valence-electron chi connectivity index (χ0n) is 30.4. The molecule has 1 atom stereocenters. The zero-order chi connectivity index (χ0) is 35.0. The Hall–Kier alpha value is -3.69. The van der Waals surface area contributed by atoms with Gasteiger partial charge in [0, 0.05) is 47.6 Å². The lowest BCUT2D eigenvalue weighted by atomic mass is 9.88. The molecule has 0 fully saturated rings. The molecule has 0 saturated heterocycles. The number of benzene rings is 4. The van der Waals surface area contributed by atoms with Gasteiger partial charge in [-0.15, -0.1) is 0 Å². The highest BCUT2D eigenvalue weighted by Crippen LogP contribution is 2.48. The van der Waals surface area contributed by atoms with Gasteiger partial charge in [-0.2, -0.15) is 0 Å². The van der Waals surface area contributed by atoms with Gasteiger partial charge in [0.1, 0.15) is 12.2 Å². The fourth-order valence-corrected chi connectivity index (χ4v) is 9.71. The highest BCUT2D eigenvalue weighted by Gasteiger charge is 2.45. The summed E-state index contributed by atoms with van der Waals surface area (Å²) >= 11 is 0. The van der Waals surface area contributed by atoms with Crippen molar-refractivity contribution in [3.05, 3.63) is 98.6 Å². The van der Waals surface area contributed by atoms with Gasteiger partial charge in [0.05, 0.1) is 35.6 Å². The van der Waals surface area contributed by atoms with E-state index in [1.54, 1.807) is 0 Å². The lowest BCUT2D eigenvalue weighted by Gasteiger charge is -2.52. The Balaban J connectivity index is 1.34. The normalized spacial score (nSPS) is 18.7. The number of anilines is 2. The predicted octanol–water partition coefficient (Wildman–Crippen LogP) is 7.83. The van der Waals surface area contributed by atoms with Crippen LogP contribution in [0.15, 0.2) is 48.5 Å². The number of fused-ring (bicyclic) bond motifs is 7. The lowest BCUT2D eigenvalue weighted by Crippen LogP contribution is -2.62. The Morgan fingerprint density at radius 1 is 0.714 bits per heavy atom. The van der Waals surface area contributed by atoms with Crippen molar-refractivity contribution < 1.29 is 13.0 Å². The maximum Gasteiger partial charge on any atom is 0.159 e. The Morgan fingerprint density at radius 2 is 1.27 bits per heavy atom. The molecule has 0 spiro atoms. The third-order valence-electron chi connectivity index (χ3n) is 11.3. The summed E-state index contributed by atoms with van der Waals surface area (Å²) in [4.78, 5) is 7.34. The highest BCUT2D eigenvalue weighted by molar-refractivity contribution is 7.85. The van der Waals surface area contributed by atoms with E-state index in [-0.39, 0.29) is 5.75 Å². The van der Waals surface area contributed by atoms with Crippen molar-refractivity contribution in [3.8, 4) is 22.3 Å². The van der Waals surface area contributed by atoms with Crippen molar-refractivity contribution in [2.75, 3.05) is 49.0 Å². The molecule has 7 rings (SSSR count). The van der Waals surface area contributed by atoms with Gasteiger partial charge in [-0.1, -0.05) is 12.1 Å². The predicted molar refractivity (Wildman–Crippen MR) is 202 cm³/mol. The van der Waals surface area contributed by atoms with E-state index in [4.69, 9.17) is 0 Å². The van der Waals surface area contributed by atoms with E-state index in [0.717, 1.165) is 39.5 Å². The van der Waals surface area contributed by atoms with Gasteiger partial charge < -0.3 is 14.4 Å². The van der Waals surface area contributed by atoms with E-state index in [9.17, 15) is 13.0 Å². The fourth-order valence-electron chi connectivity index (χ4n) is 9.23. The van der Waals surface area contributed by atoms with Gasteiger partial charge in [-0.05, 0) is 148 Å². The summed E-state index contributed by atoms with van der Waals surface area (Å²) in [6.07, 6.45) is 0.329. The SMILES string of the molecule is CCN1CN(C)Cc2cc(-c3cc(C)c4c(c3)C[N+]3(CCCS(=O)(=O)[O-])CN4Cc4cc(-c5cc(C)c(C)c(C)c5)cc(C)c43)cc(C)c21. The molecule has 0 radical (unpaired) electrons. The van der Waals surface area contributed by atoms with Crippen molar-refractivity contribution in [3.63, 3.8) is 0 Å². The van der Waals surface area contributed by atoms with Crippen LogP contribution in [0.3, 0.4) is 0 Å². The third kappa shape index (κ3) is 6.07. The maximum absolute atomic E-state index is 11.8. The first-order chi connectivity index (χ1) is 23.2. The molecular formula is C41H50N4O3S. The molecule has 4 aromatic rings. The number of aryl methyl sites for hydroxylation is 5. The molecule has 0 saturated carbocycles. The first-order valence-corrected chi connectivity index (χ1v) is 19.2. The molecule has 3 aliphatic heterocycles. The number of hydrogen-bond donors (Lipinski definition) is 0. The zero-order valence-corrected chi connectivity index (χ0v) is 31.2. The Bertz CT molecular complexity index is 2080. The molecule has 7 nitrogen and oxygen atoms in total. The second-order valence-electron chi connectivity index (χ2n) is 15.1. The summed E-state index contributed by atoms with van der Waals surface area (Å²) in [6.45, 7) is 21.2. The van der Waals surface area contributed by atoms with Gasteiger partial charge in [0.15, 0.2) is 6.67 Å². The minimum atomic E-state index is -4.31. The van der Waals surface area contributed by atoms with Gasteiger partial charge >= 0.3 is 0 Å². The monoisotopic (exact) mass is 678 g/mol. The summed E-state index contributed by atoms with van der Waals surface area (Å²) in [5, 5.41) is 0. The van der Waals surface area contributed by atoms with E-state index in [0.29, 0.717) is 17.4 Å². The quantitative estimate of drug-likeness (QED) is 0.147. The van der Waals surface area contributed by atoms with Crippen molar-refractivity contribution in [2.45, 2.75) is 74.5 Å². The maximum atomic E-state index is 11.8. The first kappa shape index (κ1) is 33.8. The second kappa shape index (κ2) is 12.3. The molecule has 0 aliphatic carbocycles. The van der Waals surface area contributed by atoms with Crippen LogP contribution in [-0.4, -0.2) is 57.1 Å².